The second-order valence-corrected chi connectivity index (χ2v) is 5.18. The molecule has 0 spiro atoms. The summed E-state index contributed by atoms with van der Waals surface area (Å²) in [4.78, 5) is 15.5. The minimum atomic E-state index is -0.880. The average Bonchev–Trinajstić information content (AvgIpc) is 2.60. The van der Waals surface area contributed by atoms with Crippen molar-refractivity contribution in [2.75, 3.05) is 6.61 Å². The summed E-state index contributed by atoms with van der Waals surface area (Å²) in [5.74, 6) is -0.0361. The average molecular weight is 323 g/mol. The van der Waals surface area contributed by atoms with Crippen molar-refractivity contribution in [3.63, 3.8) is 0 Å². The molecule has 1 N–H and O–H groups in total. The molecule has 4 nitrogen and oxygen atoms in total. The Morgan fingerprint density at radius 1 is 1.04 bits per heavy atom. The minimum absolute atomic E-state index is 0.389. The zero-order valence-corrected chi connectivity index (χ0v) is 13.9. The first kappa shape index (κ1) is 17.5. The molecule has 124 valence electrons. The van der Waals surface area contributed by atoms with Gasteiger partial charge in [0.05, 0.1) is 12.3 Å². The zero-order valence-electron chi connectivity index (χ0n) is 13.9. The van der Waals surface area contributed by atoms with E-state index in [9.17, 15) is 4.79 Å². The van der Waals surface area contributed by atoms with Crippen LogP contribution in [0.2, 0.25) is 0 Å². The Balaban J connectivity index is 2.06. The zero-order chi connectivity index (χ0) is 17.4. The molecule has 0 amide bonds. The first-order valence-electron chi connectivity index (χ1n) is 7.93. The fourth-order valence-corrected chi connectivity index (χ4v) is 2.14. The number of carbonyl (C=O) groups is 1. The maximum atomic E-state index is 11.0. The van der Waals surface area contributed by atoms with E-state index in [0.29, 0.717) is 18.6 Å². The summed E-state index contributed by atoms with van der Waals surface area (Å²) >= 11 is 0. The molecule has 0 saturated carbocycles. The molecule has 0 aliphatic carbocycles. The van der Waals surface area contributed by atoms with Crippen LogP contribution in [0.25, 0.3) is 6.08 Å². The minimum Gasteiger partial charge on any atom is -0.494 e. The number of rotatable bonds is 7. The molecule has 0 atom stereocenters. The van der Waals surface area contributed by atoms with Gasteiger partial charge in [-0.1, -0.05) is 19.1 Å². The summed E-state index contributed by atoms with van der Waals surface area (Å²) in [6.07, 6.45) is 3.96. The first-order chi connectivity index (χ1) is 11.6. The normalized spacial score (nSPS) is 11.7. The maximum absolute atomic E-state index is 11.0. The van der Waals surface area contributed by atoms with Gasteiger partial charge < -0.3 is 9.84 Å². The molecule has 2 aromatic carbocycles. The lowest BCUT2D eigenvalue weighted by atomic mass is 10.1. The van der Waals surface area contributed by atoms with Crippen LogP contribution in [0.3, 0.4) is 0 Å². The summed E-state index contributed by atoms with van der Waals surface area (Å²) in [6, 6.07) is 15.2. The first-order valence-corrected chi connectivity index (χ1v) is 7.93. The summed E-state index contributed by atoms with van der Waals surface area (Å²) in [6.45, 7) is 4.43. The highest BCUT2D eigenvalue weighted by molar-refractivity contribution is 5.92. The fraction of sp³-hybridized carbons (Fsp3) is 0.200. The highest BCUT2D eigenvalue weighted by Gasteiger charge is 2.03. The number of aliphatic imine (C=N–C) groups is 1. The van der Waals surface area contributed by atoms with Gasteiger partial charge in [-0.2, -0.15) is 0 Å². The Morgan fingerprint density at radius 2 is 1.67 bits per heavy atom. The van der Waals surface area contributed by atoms with E-state index in [0.717, 1.165) is 22.6 Å². The molecule has 0 heterocycles. The van der Waals surface area contributed by atoms with Crippen LogP contribution < -0.4 is 4.74 Å². The van der Waals surface area contributed by atoms with Crippen molar-refractivity contribution < 1.29 is 14.6 Å². The molecule has 24 heavy (non-hydrogen) atoms. The van der Waals surface area contributed by atoms with Gasteiger partial charge in [-0.15, -0.1) is 0 Å². The quantitative estimate of drug-likeness (QED) is 0.593. The Labute approximate surface area is 142 Å². The standard InChI is InChI=1S/C20H21NO3/c1-3-17(20(22)23)13-15-5-9-18(10-6-15)21-14-16-7-11-19(12-8-16)24-4-2/h5-14H,3-4H2,1-2H3,(H,22,23). The molecule has 0 radical (unpaired) electrons. The second-order valence-electron chi connectivity index (χ2n) is 5.18. The van der Waals surface area contributed by atoms with Crippen LogP contribution in [0.1, 0.15) is 31.4 Å². The number of carboxylic acid groups (broad SMARTS) is 1. The number of nitrogens with zero attached hydrogens (tertiary/aromatic N) is 1. The largest absolute Gasteiger partial charge is 0.494 e. The van der Waals surface area contributed by atoms with Gasteiger partial charge in [0.15, 0.2) is 0 Å². The van der Waals surface area contributed by atoms with Crippen LogP contribution >= 0.6 is 0 Å². The summed E-state index contributed by atoms with van der Waals surface area (Å²) in [5.41, 5.74) is 3.05. The molecule has 0 aromatic heterocycles. The fourth-order valence-electron chi connectivity index (χ4n) is 2.14. The SMILES string of the molecule is CCOc1ccc(C=Nc2ccc(C=C(CC)C(=O)O)cc2)cc1. The van der Waals surface area contributed by atoms with E-state index in [-0.39, 0.29) is 0 Å². The Kier molecular flexibility index (Phi) is 6.32. The summed E-state index contributed by atoms with van der Waals surface area (Å²) in [5, 5.41) is 9.05. The molecule has 2 rings (SSSR count). The molecule has 0 aliphatic rings. The van der Waals surface area contributed by atoms with Crippen molar-refractivity contribution in [3.05, 3.63) is 65.2 Å². The molecule has 2 aromatic rings. The molecule has 4 heteroatoms. The van der Waals surface area contributed by atoms with Gasteiger partial charge in [0.2, 0.25) is 0 Å². The van der Waals surface area contributed by atoms with E-state index in [1.54, 1.807) is 12.3 Å². The Morgan fingerprint density at radius 3 is 2.21 bits per heavy atom. The predicted molar refractivity (Wildman–Crippen MR) is 97.2 cm³/mol. The molecule has 0 unspecified atom stereocenters. The third kappa shape index (κ3) is 5.09. The van der Waals surface area contributed by atoms with Crippen molar-refractivity contribution >= 4 is 23.9 Å². The number of benzene rings is 2. The molecular weight excluding hydrogens is 302 g/mol. The van der Waals surface area contributed by atoms with Crippen LogP contribution in [0.4, 0.5) is 5.69 Å². The number of carboxylic acids is 1. The lowest BCUT2D eigenvalue weighted by molar-refractivity contribution is -0.132. The predicted octanol–water partition coefficient (Wildman–Crippen LogP) is 4.71. The van der Waals surface area contributed by atoms with Gasteiger partial charge in [0.1, 0.15) is 5.75 Å². The van der Waals surface area contributed by atoms with Gasteiger partial charge in [-0.3, -0.25) is 4.99 Å². The van der Waals surface area contributed by atoms with Crippen molar-refractivity contribution in [2.24, 2.45) is 4.99 Å². The topological polar surface area (TPSA) is 58.9 Å². The number of hydrogen-bond acceptors (Lipinski definition) is 3. The summed E-state index contributed by atoms with van der Waals surface area (Å²) in [7, 11) is 0. The van der Waals surface area contributed by atoms with E-state index < -0.39 is 5.97 Å². The number of hydrogen-bond donors (Lipinski definition) is 1. The van der Waals surface area contributed by atoms with Crippen LogP contribution in [-0.4, -0.2) is 23.9 Å². The number of aliphatic carboxylic acids is 1. The van der Waals surface area contributed by atoms with Gasteiger partial charge >= 0.3 is 5.97 Å². The van der Waals surface area contributed by atoms with Crippen LogP contribution in [0.15, 0.2) is 59.1 Å². The smallest absolute Gasteiger partial charge is 0.331 e. The van der Waals surface area contributed by atoms with Crippen LogP contribution in [0, 0.1) is 0 Å². The number of ether oxygens (including phenoxy) is 1. The van der Waals surface area contributed by atoms with Crippen LogP contribution in [0.5, 0.6) is 5.75 Å². The van der Waals surface area contributed by atoms with Gasteiger partial charge in [0, 0.05) is 11.8 Å². The van der Waals surface area contributed by atoms with Crippen molar-refractivity contribution in [1.82, 2.24) is 0 Å². The van der Waals surface area contributed by atoms with Crippen molar-refractivity contribution in [2.45, 2.75) is 20.3 Å². The lowest BCUT2D eigenvalue weighted by Gasteiger charge is -2.02. The Hall–Kier alpha value is -2.88. The molecular formula is C20H21NO3. The maximum Gasteiger partial charge on any atom is 0.331 e. The van der Waals surface area contributed by atoms with Gasteiger partial charge in [0.25, 0.3) is 0 Å². The van der Waals surface area contributed by atoms with E-state index >= 15 is 0 Å². The van der Waals surface area contributed by atoms with Crippen LogP contribution in [-0.2, 0) is 4.79 Å². The van der Waals surface area contributed by atoms with E-state index in [4.69, 9.17) is 9.84 Å². The van der Waals surface area contributed by atoms with E-state index in [1.807, 2.05) is 62.4 Å². The highest BCUT2D eigenvalue weighted by Crippen LogP contribution is 2.17. The monoisotopic (exact) mass is 323 g/mol. The van der Waals surface area contributed by atoms with Gasteiger partial charge in [-0.05, 0) is 66.9 Å². The Bertz CT molecular complexity index is 728. The summed E-state index contributed by atoms with van der Waals surface area (Å²) < 4.78 is 5.40. The molecule has 0 aliphatic heterocycles. The molecule has 0 fully saturated rings. The van der Waals surface area contributed by atoms with Crippen molar-refractivity contribution in [3.8, 4) is 5.75 Å². The third-order valence-corrected chi connectivity index (χ3v) is 3.44. The van der Waals surface area contributed by atoms with Gasteiger partial charge in [-0.25, -0.2) is 4.79 Å². The molecule has 0 bridgehead atoms. The lowest BCUT2D eigenvalue weighted by Crippen LogP contribution is -1.98. The van der Waals surface area contributed by atoms with E-state index in [1.165, 1.54) is 0 Å². The van der Waals surface area contributed by atoms with Crippen molar-refractivity contribution in [1.29, 1.82) is 0 Å². The highest BCUT2D eigenvalue weighted by atomic mass is 16.5. The van der Waals surface area contributed by atoms with E-state index in [2.05, 4.69) is 4.99 Å². The third-order valence-electron chi connectivity index (χ3n) is 3.44. The second kappa shape index (κ2) is 8.67. The molecule has 0 saturated heterocycles.